The van der Waals surface area contributed by atoms with E-state index in [-0.39, 0.29) is 24.1 Å². The summed E-state index contributed by atoms with van der Waals surface area (Å²) in [6, 6.07) is 11.8. The van der Waals surface area contributed by atoms with E-state index in [1.165, 1.54) is 37.5 Å². The Labute approximate surface area is 163 Å². The smallest absolute Gasteiger partial charge is 0.310 e. The molecule has 1 unspecified atom stereocenters. The molecule has 2 aromatic rings. The van der Waals surface area contributed by atoms with Crippen molar-refractivity contribution in [2.75, 3.05) is 20.2 Å². The van der Waals surface area contributed by atoms with Crippen molar-refractivity contribution in [2.45, 2.75) is 13.3 Å². The first kappa shape index (κ1) is 21.3. The molecule has 1 amide bonds. The van der Waals surface area contributed by atoms with Crippen molar-refractivity contribution < 1.29 is 23.1 Å². The fourth-order valence-electron chi connectivity index (χ4n) is 2.66. The molecule has 0 N–H and O–H groups in total. The van der Waals surface area contributed by atoms with Crippen molar-refractivity contribution in [3.05, 3.63) is 77.4 Å². The summed E-state index contributed by atoms with van der Waals surface area (Å²) < 4.78 is 30.8. The lowest BCUT2D eigenvalue weighted by atomic mass is 10.1. The largest absolute Gasteiger partial charge is 0.469 e. The lowest BCUT2D eigenvalue weighted by Gasteiger charge is -2.24. The van der Waals surface area contributed by atoms with Gasteiger partial charge >= 0.3 is 5.97 Å². The molecule has 0 aliphatic heterocycles. The topological polar surface area (TPSA) is 46.6 Å². The quantitative estimate of drug-likeness (QED) is 0.510. The number of methoxy groups -OCH3 is 1. The van der Waals surface area contributed by atoms with Crippen LogP contribution in [0.2, 0.25) is 0 Å². The highest BCUT2D eigenvalue weighted by atomic mass is 19.1. The number of ether oxygens (including phenoxy) is 1. The number of halogens is 2. The van der Waals surface area contributed by atoms with Crippen molar-refractivity contribution >= 4 is 18.0 Å². The molecular weight excluding hydrogens is 364 g/mol. The molecule has 148 valence electrons. The maximum atomic E-state index is 13.1. The van der Waals surface area contributed by atoms with Gasteiger partial charge in [-0.3, -0.25) is 9.59 Å². The predicted octanol–water partition coefficient (Wildman–Crippen LogP) is 3.86. The summed E-state index contributed by atoms with van der Waals surface area (Å²) in [7, 11) is 1.30. The number of hydrogen-bond donors (Lipinski definition) is 0. The van der Waals surface area contributed by atoms with E-state index < -0.39 is 11.9 Å². The summed E-state index contributed by atoms with van der Waals surface area (Å²) in [5, 5.41) is 0. The molecule has 0 heterocycles. The predicted molar refractivity (Wildman–Crippen MR) is 103 cm³/mol. The standard InChI is InChI=1S/C22H23F2NO3/c1-16(22(27)28-2)15-25(14-13-18-5-10-20(24)11-6-18)21(26)12-7-17-3-8-19(23)9-4-17/h3-12,16H,13-15H2,1-2H3/b12-7+. The monoisotopic (exact) mass is 387 g/mol. The minimum atomic E-state index is -0.485. The van der Waals surface area contributed by atoms with Crippen LogP contribution >= 0.6 is 0 Å². The minimum absolute atomic E-state index is 0.195. The number of amides is 1. The molecule has 1 atom stereocenters. The summed E-state index contributed by atoms with van der Waals surface area (Å²) >= 11 is 0. The van der Waals surface area contributed by atoms with Crippen molar-refractivity contribution in [3.8, 4) is 0 Å². The van der Waals surface area contributed by atoms with E-state index in [1.807, 2.05) is 0 Å². The summed E-state index contributed by atoms with van der Waals surface area (Å²) in [6.45, 7) is 2.24. The molecule has 0 aliphatic rings. The Kier molecular flexibility index (Phi) is 7.87. The molecule has 0 radical (unpaired) electrons. The van der Waals surface area contributed by atoms with Crippen LogP contribution in [0.3, 0.4) is 0 Å². The molecule has 0 fully saturated rings. The summed E-state index contributed by atoms with van der Waals surface area (Å²) in [4.78, 5) is 25.9. The molecule has 2 aromatic carbocycles. The Balaban J connectivity index is 2.08. The van der Waals surface area contributed by atoms with E-state index in [0.717, 1.165) is 5.56 Å². The first-order valence-corrected chi connectivity index (χ1v) is 8.94. The third-order valence-corrected chi connectivity index (χ3v) is 4.28. The highest BCUT2D eigenvalue weighted by Crippen LogP contribution is 2.10. The molecule has 0 bridgehead atoms. The van der Waals surface area contributed by atoms with Gasteiger partial charge in [0.2, 0.25) is 5.91 Å². The van der Waals surface area contributed by atoms with Gasteiger partial charge in [0, 0.05) is 19.2 Å². The third-order valence-electron chi connectivity index (χ3n) is 4.28. The van der Waals surface area contributed by atoms with Gasteiger partial charge in [0.1, 0.15) is 11.6 Å². The first-order chi connectivity index (χ1) is 13.4. The minimum Gasteiger partial charge on any atom is -0.469 e. The molecular formula is C22H23F2NO3. The van der Waals surface area contributed by atoms with Gasteiger partial charge < -0.3 is 9.64 Å². The lowest BCUT2D eigenvalue weighted by molar-refractivity contribution is -0.146. The highest BCUT2D eigenvalue weighted by Gasteiger charge is 2.20. The number of carbonyl (C=O) groups excluding carboxylic acids is 2. The first-order valence-electron chi connectivity index (χ1n) is 8.94. The molecule has 0 aromatic heterocycles. The second-order valence-corrected chi connectivity index (χ2v) is 6.47. The van der Waals surface area contributed by atoms with Gasteiger partial charge in [-0.05, 0) is 47.9 Å². The Bertz CT molecular complexity index is 817. The molecule has 4 nitrogen and oxygen atoms in total. The van der Waals surface area contributed by atoms with Crippen LogP contribution in [0.15, 0.2) is 54.6 Å². The van der Waals surface area contributed by atoms with Crippen molar-refractivity contribution in [3.63, 3.8) is 0 Å². The molecule has 0 aliphatic carbocycles. The molecule has 0 saturated carbocycles. The van der Waals surface area contributed by atoms with E-state index in [0.29, 0.717) is 18.5 Å². The Morgan fingerprint density at radius 2 is 1.61 bits per heavy atom. The summed E-state index contributed by atoms with van der Waals surface area (Å²) in [5.74, 6) is -1.83. The van der Waals surface area contributed by atoms with Crippen LogP contribution in [-0.4, -0.2) is 37.0 Å². The van der Waals surface area contributed by atoms with Gasteiger partial charge in [-0.25, -0.2) is 8.78 Å². The van der Waals surface area contributed by atoms with Crippen LogP contribution in [0.5, 0.6) is 0 Å². The summed E-state index contributed by atoms with van der Waals surface area (Å²) in [6.07, 6.45) is 3.50. The number of hydrogen-bond acceptors (Lipinski definition) is 3. The van der Waals surface area contributed by atoms with Crippen molar-refractivity contribution in [1.82, 2.24) is 4.90 Å². The lowest BCUT2D eigenvalue weighted by Crippen LogP contribution is -2.37. The Hall–Kier alpha value is -3.02. The van der Waals surface area contributed by atoms with Crippen molar-refractivity contribution in [1.29, 1.82) is 0 Å². The Morgan fingerprint density at radius 3 is 2.18 bits per heavy atom. The Morgan fingerprint density at radius 1 is 1.04 bits per heavy atom. The maximum absolute atomic E-state index is 13.1. The van der Waals surface area contributed by atoms with E-state index in [4.69, 9.17) is 4.74 Å². The molecule has 0 saturated heterocycles. The van der Waals surface area contributed by atoms with Crippen molar-refractivity contribution in [2.24, 2.45) is 5.92 Å². The van der Waals surface area contributed by atoms with Gasteiger partial charge in [-0.15, -0.1) is 0 Å². The maximum Gasteiger partial charge on any atom is 0.310 e. The zero-order valence-corrected chi connectivity index (χ0v) is 15.9. The van der Waals surface area contributed by atoms with Gasteiger partial charge in [-0.2, -0.15) is 0 Å². The van der Waals surface area contributed by atoms with Crippen LogP contribution in [0, 0.1) is 17.6 Å². The molecule has 6 heteroatoms. The van der Waals surface area contributed by atoms with Crippen LogP contribution in [0.25, 0.3) is 6.08 Å². The van der Waals surface area contributed by atoms with E-state index in [9.17, 15) is 18.4 Å². The van der Waals surface area contributed by atoms with E-state index in [1.54, 1.807) is 42.2 Å². The number of esters is 1. The van der Waals surface area contributed by atoms with E-state index >= 15 is 0 Å². The van der Waals surface area contributed by atoms with Crippen LogP contribution in [0.4, 0.5) is 8.78 Å². The second-order valence-electron chi connectivity index (χ2n) is 6.47. The zero-order valence-electron chi connectivity index (χ0n) is 15.9. The fourth-order valence-corrected chi connectivity index (χ4v) is 2.66. The number of nitrogens with zero attached hydrogens (tertiary/aromatic N) is 1. The molecule has 2 rings (SSSR count). The molecule has 0 spiro atoms. The van der Waals surface area contributed by atoms with Gasteiger partial charge in [0.25, 0.3) is 0 Å². The average Bonchev–Trinajstić information content (AvgIpc) is 2.70. The second kappa shape index (κ2) is 10.3. The molecule has 28 heavy (non-hydrogen) atoms. The SMILES string of the molecule is COC(=O)C(C)CN(CCc1ccc(F)cc1)C(=O)/C=C/c1ccc(F)cc1. The summed E-state index contributed by atoms with van der Waals surface area (Å²) in [5.41, 5.74) is 1.57. The van der Waals surface area contributed by atoms with Crippen LogP contribution in [-0.2, 0) is 20.7 Å². The normalized spacial score (nSPS) is 12.0. The average molecular weight is 387 g/mol. The third kappa shape index (κ3) is 6.61. The number of benzene rings is 2. The van der Waals surface area contributed by atoms with Crippen LogP contribution in [0.1, 0.15) is 18.1 Å². The fraction of sp³-hybridized carbons (Fsp3) is 0.273. The van der Waals surface area contributed by atoms with Gasteiger partial charge in [-0.1, -0.05) is 31.2 Å². The number of rotatable bonds is 8. The zero-order chi connectivity index (χ0) is 20.5. The number of carbonyl (C=O) groups is 2. The van der Waals surface area contributed by atoms with Crippen LogP contribution < -0.4 is 0 Å². The van der Waals surface area contributed by atoms with E-state index in [2.05, 4.69) is 0 Å². The highest BCUT2D eigenvalue weighted by molar-refractivity contribution is 5.92. The van der Waals surface area contributed by atoms with Gasteiger partial charge in [0.05, 0.1) is 13.0 Å². The van der Waals surface area contributed by atoms with Gasteiger partial charge in [0.15, 0.2) is 0 Å².